The van der Waals surface area contributed by atoms with Gasteiger partial charge in [-0.15, -0.1) is 0 Å². The lowest BCUT2D eigenvalue weighted by atomic mass is 10.2. The molecule has 1 aromatic carbocycles. The van der Waals surface area contributed by atoms with Crippen molar-refractivity contribution >= 4 is 22.6 Å². The third-order valence-corrected chi connectivity index (χ3v) is 3.70. The van der Waals surface area contributed by atoms with Crippen molar-refractivity contribution in [2.75, 3.05) is 7.05 Å². The highest BCUT2D eigenvalue weighted by atomic mass is 127. The zero-order valence-corrected chi connectivity index (χ0v) is 12.4. The average molecular weight is 340 g/mol. The number of benzene rings is 1. The van der Waals surface area contributed by atoms with Gasteiger partial charge in [-0.3, -0.25) is 0 Å². The van der Waals surface area contributed by atoms with E-state index in [1.54, 1.807) is 0 Å². The monoisotopic (exact) mass is 340 g/mol. The fraction of sp³-hybridized carbons (Fsp3) is 0.286. The topological polar surface area (TPSA) is 17.0 Å². The van der Waals surface area contributed by atoms with Gasteiger partial charge in [-0.2, -0.15) is 0 Å². The molecule has 2 aromatic rings. The van der Waals surface area contributed by atoms with Gasteiger partial charge in [0.25, 0.3) is 0 Å². The van der Waals surface area contributed by atoms with Crippen LogP contribution in [0, 0.1) is 10.5 Å². The molecule has 0 aliphatic heterocycles. The Hall–Kier alpha value is -0.810. The SMILES string of the molecule is CNCc1ccn(Cc2ccc(I)cc2)c1C. The lowest BCUT2D eigenvalue weighted by Gasteiger charge is -2.08. The second-order valence-electron chi connectivity index (χ2n) is 4.21. The van der Waals surface area contributed by atoms with Crippen LogP contribution in [0.25, 0.3) is 0 Å². The molecule has 1 N–H and O–H groups in total. The van der Waals surface area contributed by atoms with Crippen molar-refractivity contribution in [1.29, 1.82) is 0 Å². The van der Waals surface area contributed by atoms with E-state index in [1.807, 2.05) is 7.05 Å². The quantitative estimate of drug-likeness (QED) is 0.846. The van der Waals surface area contributed by atoms with Crippen molar-refractivity contribution in [1.82, 2.24) is 9.88 Å². The van der Waals surface area contributed by atoms with Gasteiger partial charge in [-0.1, -0.05) is 12.1 Å². The number of nitrogens with zero attached hydrogens (tertiary/aromatic N) is 1. The van der Waals surface area contributed by atoms with Crippen LogP contribution in [0.15, 0.2) is 36.5 Å². The van der Waals surface area contributed by atoms with E-state index in [0.717, 1.165) is 13.1 Å². The van der Waals surface area contributed by atoms with Crippen LogP contribution in [0.3, 0.4) is 0 Å². The molecule has 3 heteroatoms. The van der Waals surface area contributed by atoms with E-state index in [2.05, 4.69) is 75.9 Å². The Bertz CT molecular complexity index is 485. The van der Waals surface area contributed by atoms with Crippen LogP contribution in [0.5, 0.6) is 0 Å². The Labute approximate surface area is 116 Å². The lowest BCUT2D eigenvalue weighted by Crippen LogP contribution is -2.07. The maximum atomic E-state index is 3.20. The molecule has 17 heavy (non-hydrogen) atoms. The van der Waals surface area contributed by atoms with Crippen molar-refractivity contribution in [3.8, 4) is 0 Å². The fourth-order valence-electron chi connectivity index (χ4n) is 1.93. The molecule has 2 nitrogen and oxygen atoms in total. The first kappa shape index (κ1) is 12.6. The van der Waals surface area contributed by atoms with Crippen molar-refractivity contribution in [2.24, 2.45) is 0 Å². The summed E-state index contributed by atoms with van der Waals surface area (Å²) in [5, 5.41) is 3.20. The van der Waals surface area contributed by atoms with Crippen molar-refractivity contribution < 1.29 is 0 Å². The van der Waals surface area contributed by atoms with Gasteiger partial charge in [-0.25, -0.2) is 0 Å². The molecule has 90 valence electrons. The molecule has 0 saturated heterocycles. The summed E-state index contributed by atoms with van der Waals surface area (Å²) in [5.74, 6) is 0. The minimum Gasteiger partial charge on any atom is -0.347 e. The number of aromatic nitrogens is 1. The highest BCUT2D eigenvalue weighted by molar-refractivity contribution is 14.1. The third kappa shape index (κ3) is 3.10. The fourth-order valence-corrected chi connectivity index (χ4v) is 2.29. The van der Waals surface area contributed by atoms with Gasteiger partial charge in [-0.05, 0) is 65.9 Å². The first-order valence-corrected chi connectivity index (χ1v) is 6.82. The summed E-state index contributed by atoms with van der Waals surface area (Å²) < 4.78 is 3.58. The number of hydrogen-bond donors (Lipinski definition) is 1. The Morgan fingerprint density at radius 2 is 1.88 bits per heavy atom. The maximum Gasteiger partial charge on any atom is 0.0472 e. The van der Waals surface area contributed by atoms with Gasteiger partial charge < -0.3 is 9.88 Å². The van der Waals surface area contributed by atoms with E-state index < -0.39 is 0 Å². The molecule has 0 atom stereocenters. The average Bonchev–Trinajstić information content (AvgIpc) is 2.65. The number of hydrogen-bond acceptors (Lipinski definition) is 1. The van der Waals surface area contributed by atoms with Gasteiger partial charge in [0, 0.05) is 28.6 Å². The van der Waals surface area contributed by atoms with Crippen molar-refractivity contribution in [3.63, 3.8) is 0 Å². The molecule has 0 spiro atoms. The Morgan fingerprint density at radius 1 is 1.18 bits per heavy atom. The molecule has 0 fully saturated rings. The van der Waals surface area contributed by atoms with Gasteiger partial charge in [0.15, 0.2) is 0 Å². The van der Waals surface area contributed by atoms with Crippen molar-refractivity contribution in [3.05, 3.63) is 56.9 Å². The summed E-state index contributed by atoms with van der Waals surface area (Å²) in [4.78, 5) is 0. The molecular weight excluding hydrogens is 323 g/mol. The van der Waals surface area contributed by atoms with E-state index in [9.17, 15) is 0 Å². The number of halogens is 1. The summed E-state index contributed by atoms with van der Waals surface area (Å²) in [7, 11) is 1.98. The Morgan fingerprint density at radius 3 is 2.53 bits per heavy atom. The Balaban J connectivity index is 2.16. The first-order chi connectivity index (χ1) is 8.20. The van der Waals surface area contributed by atoms with Crippen LogP contribution in [0.4, 0.5) is 0 Å². The zero-order valence-electron chi connectivity index (χ0n) is 10.2. The van der Waals surface area contributed by atoms with E-state index >= 15 is 0 Å². The van der Waals surface area contributed by atoms with Crippen LogP contribution in [0.1, 0.15) is 16.8 Å². The largest absolute Gasteiger partial charge is 0.347 e. The van der Waals surface area contributed by atoms with Gasteiger partial charge >= 0.3 is 0 Å². The van der Waals surface area contributed by atoms with Gasteiger partial charge in [0.1, 0.15) is 0 Å². The summed E-state index contributed by atoms with van der Waals surface area (Å²) in [5.41, 5.74) is 4.07. The predicted octanol–water partition coefficient (Wildman–Crippen LogP) is 3.17. The number of nitrogens with one attached hydrogen (secondary N) is 1. The van der Waals surface area contributed by atoms with Crippen LogP contribution >= 0.6 is 22.6 Å². The number of rotatable bonds is 4. The summed E-state index contributed by atoms with van der Waals surface area (Å²) in [6.07, 6.45) is 2.17. The predicted molar refractivity (Wildman–Crippen MR) is 80.2 cm³/mol. The summed E-state index contributed by atoms with van der Waals surface area (Å²) >= 11 is 2.33. The molecular formula is C14H17IN2. The second kappa shape index (κ2) is 5.69. The Kier molecular flexibility index (Phi) is 4.23. The molecule has 2 rings (SSSR count). The molecule has 0 aliphatic carbocycles. The highest BCUT2D eigenvalue weighted by Crippen LogP contribution is 2.13. The molecule has 1 aromatic heterocycles. The van der Waals surface area contributed by atoms with E-state index in [0.29, 0.717) is 0 Å². The van der Waals surface area contributed by atoms with E-state index in [-0.39, 0.29) is 0 Å². The van der Waals surface area contributed by atoms with E-state index in [1.165, 1.54) is 20.4 Å². The van der Waals surface area contributed by atoms with E-state index in [4.69, 9.17) is 0 Å². The van der Waals surface area contributed by atoms with Gasteiger partial charge in [0.05, 0.1) is 0 Å². The molecule has 0 aliphatic rings. The van der Waals surface area contributed by atoms with Crippen molar-refractivity contribution in [2.45, 2.75) is 20.0 Å². The molecule has 0 unspecified atom stereocenters. The third-order valence-electron chi connectivity index (χ3n) is 2.98. The van der Waals surface area contributed by atoms with Crippen LogP contribution < -0.4 is 5.32 Å². The molecule has 0 amide bonds. The summed E-state index contributed by atoms with van der Waals surface area (Å²) in [6, 6.07) is 10.9. The van der Waals surface area contributed by atoms with Crippen LogP contribution in [0.2, 0.25) is 0 Å². The minimum absolute atomic E-state index is 0.936. The zero-order chi connectivity index (χ0) is 12.3. The highest BCUT2D eigenvalue weighted by Gasteiger charge is 2.04. The second-order valence-corrected chi connectivity index (χ2v) is 5.46. The summed E-state index contributed by atoms with van der Waals surface area (Å²) in [6.45, 7) is 4.07. The van der Waals surface area contributed by atoms with Crippen LogP contribution in [-0.4, -0.2) is 11.6 Å². The molecule has 0 radical (unpaired) electrons. The standard InChI is InChI=1S/C14H17IN2/c1-11-13(9-16-2)7-8-17(11)10-12-3-5-14(15)6-4-12/h3-8,16H,9-10H2,1-2H3. The van der Waals surface area contributed by atoms with Gasteiger partial charge in [0.2, 0.25) is 0 Å². The normalized spacial score (nSPS) is 10.8. The first-order valence-electron chi connectivity index (χ1n) is 5.74. The molecule has 0 saturated carbocycles. The van der Waals surface area contributed by atoms with Crippen LogP contribution in [-0.2, 0) is 13.1 Å². The minimum atomic E-state index is 0.936. The lowest BCUT2D eigenvalue weighted by molar-refractivity contribution is 0.753. The maximum absolute atomic E-state index is 3.20. The smallest absolute Gasteiger partial charge is 0.0472 e. The molecule has 0 bridgehead atoms. The molecule has 1 heterocycles.